The van der Waals surface area contributed by atoms with Crippen molar-refractivity contribution < 1.29 is 22.9 Å². The zero-order valence-corrected chi connectivity index (χ0v) is 9.04. The highest BCUT2D eigenvalue weighted by Gasteiger charge is 2.06. The largest absolute Gasteiger partial charge is 0.480 e. The fraction of sp³-hybridized carbons (Fsp3) is 0.800. The summed E-state index contributed by atoms with van der Waals surface area (Å²) in [5, 5.41) is 8.01. The van der Waals surface area contributed by atoms with E-state index in [1.807, 2.05) is 0 Å². The lowest BCUT2D eigenvalue weighted by Gasteiger charge is -1.96. The third kappa shape index (κ3) is 14.2. The minimum Gasteiger partial charge on any atom is -0.480 e. The summed E-state index contributed by atoms with van der Waals surface area (Å²) in [6.07, 6.45) is 0. The molecule has 0 unspecified atom stereocenters. The standard InChI is InChI=1S/C3H7NO2S.C2H7NO3S/c4-2(1-7)3(5)6;3-1-2-7(4,5)6/h2,7H,1,4H2,(H,5,6);1-3H2,(H,4,5,6)/t2-;/m0./s1. The molecule has 0 aromatic rings. The van der Waals surface area contributed by atoms with Crippen LogP contribution in [0, 0.1) is 0 Å². The number of carboxylic acids is 1. The molecule has 0 fully saturated rings. The highest BCUT2D eigenvalue weighted by molar-refractivity contribution is 7.85. The zero-order chi connectivity index (χ0) is 11.8. The van der Waals surface area contributed by atoms with Crippen LogP contribution >= 0.6 is 12.6 Å². The van der Waals surface area contributed by atoms with Gasteiger partial charge in [0.05, 0.1) is 5.75 Å². The summed E-state index contributed by atoms with van der Waals surface area (Å²) in [6, 6.07) is -0.816. The molecule has 0 aliphatic carbocycles. The molecule has 0 aliphatic rings. The Morgan fingerprint density at radius 2 is 1.93 bits per heavy atom. The van der Waals surface area contributed by atoms with E-state index in [0.717, 1.165) is 0 Å². The second kappa shape index (κ2) is 8.00. The molecule has 14 heavy (non-hydrogen) atoms. The average molecular weight is 246 g/mol. The first kappa shape index (κ1) is 16.1. The number of carbonyl (C=O) groups is 1. The van der Waals surface area contributed by atoms with Gasteiger partial charge in [0.15, 0.2) is 0 Å². The minimum absolute atomic E-state index is 0.0289. The van der Waals surface area contributed by atoms with Crippen molar-refractivity contribution in [3.05, 3.63) is 0 Å². The second-order valence-electron chi connectivity index (χ2n) is 2.20. The lowest BCUT2D eigenvalue weighted by atomic mass is 10.4. The van der Waals surface area contributed by atoms with Crippen molar-refractivity contribution in [3.63, 3.8) is 0 Å². The maximum atomic E-state index is 9.76. The van der Waals surface area contributed by atoms with Gasteiger partial charge in [0, 0.05) is 12.3 Å². The Bertz CT molecular complexity index is 253. The van der Waals surface area contributed by atoms with Gasteiger partial charge in [-0.2, -0.15) is 21.0 Å². The van der Waals surface area contributed by atoms with Crippen molar-refractivity contribution in [2.24, 2.45) is 11.5 Å². The Kier molecular flexibility index (Phi) is 9.20. The van der Waals surface area contributed by atoms with Gasteiger partial charge in [-0.1, -0.05) is 0 Å². The van der Waals surface area contributed by atoms with Crippen LogP contribution in [0.2, 0.25) is 0 Å². The van der Waals surface area contributed by atoms with Crippen molar-refractivity contribution in [3.8, 4) is 0 Å². The Labute approximate surface area is 87.6 Å². The van der Waals surface area contributed by atoms with Crippen molar-refractivity contribution in [2.75, 3.05) is 18.1 Å². The van der Waals surface area contributed by atoms with E-state index >= 15 is 0 Å². The van der Waals surface area contributed by atoms with E-state index in [-0.39, 0.29) is 18.1 Å². The van der Waals surface area contributed by atoms with Crippen molar-refractivity contribution >= 4 is 28.7 Å². The van der Waals surface area contributed by atoms with Crippen LogP contribution in [-0.4, -0.2) is 48.1 Å². The molecule has 86 valence electrons. The highest BCUT2D eigenvalue weighted by Crippen LogP contribution is 1.80. The number of nitrogens with two attached hydrogens (primary N) is 2. The number of hydrogen-bond donors (Lipinski definition) is 5. The van der Waals surface area contributed by atoms with E-state index in [1.165, 1.54) is 0 Å². The van der Waals surface area contributed by atoms with E-state index in [0.29, 0.717) is 0 Å². The fourth-order valence-corrected chi connectivity index (χ4v) is 0.681. The summed E-state index contributed by atoms with van der Waals surface area (Å²) in [5.74, 6) is -1.17. The smallest absolute Gasteiger partial charge is 0.321 e. The Hall–Kier alpha value is -0.350. The Balaban J connectivity index is 0. The van der Waals surface area contributed by atoms with E-state index in [9.17, 15) is 13.2 Å². The Morgan fingerprint density at radius 3 is 1.93 bits per heavy atom. The number of thiol groups is 1. The first-order valence-electron chi connectivity index (χ1n) is 3.49. The van der Waals surface area contributed by atoms with Gasteiger partial charge in [-0.15, -0.1) is 0 Å². The maximum absolute atomic E-state index is 9.76. The first-order valence-corrected chi connectivity index (χ1v) is 5.73. The number of carboxylic acid groups (broad SMARTS) is 1. The predicted molar refractivity (Wildman–Crippen MR) is 54.9 cm³/mol. The van der Waals surface area contributed by atoms with E-state index in [4.69, 9.17) is 21.1 Å². The van der Waals surface area contributed by atoms with Gasteiger partial charge in [-0.3, -0.25) is 9.35 Å². The number of hydrogen-bond acceptors (Lipinski definition) is 6. The molecule has 0 radical (unpaired) electrons. The van der Waals surface area contributed by atoms with Crippen LogP contribution in [0.3, 0.4) is 0 Å². The predicted octanol–water partition coefficient (Wildman–Crippen LogP) is -1.84. The van der Waals surface area contributed by atoms with Crippen LogP contribution < -0.4 is 11.5 Å². The van der Waals surface area contributed by atoms with Gasteiger partial charge in [-0.05, 0) is 0 Å². The SMILES string of the molecule is NCCS(=O)(=O)O.N[C@@H](CS)C(=O)O. The minimum atomic E-state index is -3.80. The third-order valence-corrected chi connectivity index (χ3v) is 2.03. The van der Waals surface area contributed by atoms with Crippen molar-refractivity contribution in [1.82, 2.24) is 0 Å². The second-order valence-corrected chi connectivity index (χ2v) is 4.14. The normalized spacial score (nSPS) is 12.6. The molecule has 0 saturated heterocycles. The third-order valence-electron chi connectivity index (χ3n) is 0.890. The molecule has 0 saturated carbocycles. The molecule has 7 nitrogen and oxygen atoms in total. The molecule has 6 N–H and O–H groups in total. The molecule has 9 heteroatoms. The highest BCUT2D eigenvalue weighted by atomic mass is 32.2. The van der Waals surface area contributed by atoms with Crippen molar-refractivity contribution in [1.29, 1.82) is 0 Å². The van der Waals surface area contributed by atoms with Gasteiger partial charge < -0.3 is 16.6 Å². The van der Waals surface area contributed by atoms with E-state index < -0.39 is 22.1 Å². The van der Waals surface area contributed by atoms with E-state index in [1.54, 1.807) is 0 Å². The molecular weight excluding hydrogens is 232 g/mol. The zero-order valence-electron chi connectivity index (χ0n) is 7.33. The summed E-state index contributed by atoms with van der Waals surface area (Å²) in [5.41, 5.74) is 9.72. The number of rotatable bonds is 4. The van der Waals surface area contributed by atoms with E-state index in [2.05, 4.69) is 12.6 Å². The Morgan fingerprint density at radius 1 is 1.50 bits per heavy atom. The molecule has 0 bridgehead atoms. The van der Waals surface area contributed by atoms with Crippen LogP contribution in [0.1, 0.15) is 0 Å². The molecule has 0 spiro atoms. The first-order chi connectivity index (χ1) is 6.24. The molecule has 1 atom stereocenters. The lowest BCUT2D eigenvalue weighted by molar-refractivity contribution is -0.137. The van der Waals surface area contributed by atoms with Gasteiger partial charge in [0.1, 0.15) is 6.04 Å². The summed E-state index contributed by atoms with van der Waals surface area (Å²) >= 11 is 3.65. The summed E-state index contributed by atoms with van der Waals surface area (Å²) < 4.78 is 27.3. The maximum Gasteiger partial charge on any atom is 0.321 e. The molecule has 0 heterocycles. The molecule has 0 rings (SSSR count). The summed E-state index contributed by atoms with van der Waals surface area (Å²) in [6.45, 7) is -0.0289. The van der Waals surface area contributed by atoms with Crippen LogP contribution in [0.5, 0.6) is 0 Å². The van der Waals surface area contributed by atoms with Gasteiger partial charge in [0.25, 0.3) is 10.1 Å². The van der Waals surface area contributed by atoms with Gasteiger partial charge >= 0.3 is 5.97 Å². The van der Waals surface area contributed by atoms with Crippen LogP contribution in [0.25, 0.3) is 0 Å². The molecule has 0 aliphatic heterocycles. The lowest BCUT2D eigenvalue weighted by Crippen LogP contribution is -2.31. The quantitative estimate of drug-likeness (QED) is 0.289. The molecule has 0 aromatic carbocycles. The van der Waals surface area contributed by atoms with Crippen LogP contribution in [-0.2, 0) is 14.9 Å². The molecule has 0 aromatic heterocycles. The fourth-order valence-electron chi connectivity index (χ4n) is 0.227. The van der Waals surface area contributed by atoms with Gasteiger partial charge in [-0.25, -0.2) is 0 Å². The molecule has 0 amide bonds. The van der Waals surface area contributed by atoms with Gasteiger partial charge in [0.2, 0.25) is 0 Å². The van der Waals surface area contributed by atoms with Crippen molar-refractivity contribution in [2.45, 2.75) is 6.04 Å². The van der Waals surface area contributed by atoms with Crippen LogP contribution in [0.15, 0.2) is 0 Å². The molecular formula is C5H14N2O5S2. The summed E-state index contributed by atoms with van der Waals surface area (Å²) in [4.78, 5) is 9.76. The number of aliphatic carboxylic acids is 1. The van der Waals surface area contributed by atoms with Crippen LogP contribution in [0.4, 0.5) is 0 Å². The monoisotopic (exact) mass is 246 g/mol. The average Bonchev–Trinajstić information content (AvgIpc) is 2.01. The topological polar surface area (TPSA) is 144 Å². The summed E-state index contributed by atoms with van der Waals surface area (Å²) in [7, 11) is -3.80.